The third kappa shape index (κ3) is 5.36. The molecule has 0 spiro atoms. The van der Waals surface area contributed by atoms with Crippen molar-refractivity contribution in [3.05, 3.63) is 0 Å². The van der Waals surface area contributed by atoms with Gasteiger partial charge in [0, 0.05) is 19.6 Å². The summed E-state index contributed by atoms with van der Waals surface area (Å²) in [6, 6.07) is -0.306. The van der Waals surface area contributed by atoms with E-state index < -0.39 is 11.4 Å². The number of aliphatic carboxylic acids is 1. The topological polar surface area (TPSA) is 89.9 Å². The number of nitrogens with zero attached hydrogens (tertiary/aromatic N) is 1. The van der Waals surface area contributed by atoms with Crippen LogP contribution in [0.2, 0.25) is 0 Å². The Kier molecular flexibility index (Phi) is 8.96. The van der Waals surface area contributed by atoms with Gasteiger partial charge in [0.1, 0.15) is 0 Å². The van der Waals surface area contributed by atoms with Crippen LogP contribution in [-0.4, -0.2) is 53.4 Å². The van der Waals surface area contributed by atoms with Crippen LogP contribution in [0, 0.1) is 5.41 Å². The third-order valence-corrected chi connectivity index (χ3v) is 3.82. The van der Waals surface area contributed by atoms with E-state index in [4.69, 9.17) is 5.11 Å². The van der Waals surface area contributed by atoms with Gasteiger partial charge in [-0.2, -0.15) is 0 Å². The van der Waals surface area contributed by atoms with Crippen LogP contribution >= 0.6 is 0 Å². The molecular weight excluding hydrogens is 260 g/mol. The minimum absolute atomic E-state index is 0.0945. The lowest BCUT2D eigenvalue weighted by Crippen LogP contribution is -2.48. The van der Waals surface area contributed by atoms with Crippen molar-refractivity contribution in [3.63, 3.8) is 0 Å². The van der Waals surface area contributed by atoms with E-state index in [1.54, 1.807) is 0 Å². The first-order valence-electron chi connectivity index (χ1n) is 7.34. The maximum Gasteiger partial charge on any atom is 0.317 e. The number of rotatable bonds is 10. The molecular formula is C14H28N2O4. The van der Waals surface area contributed by atoms with E-state index in [1.807, 2.05) is 20.8 Å². The molecule has 0 aliphatic rings. The molecule has 0 bridgehead atoms. The molecule has 0 aliphatic carbocycles. The summed E-state index contributed by atoms with van der Waals surface area (Å²) in [5.41, 5.74) is -0.911. The molecule has 0 aromatic rings. The quantitative estimate of drug-likeness (QED) is 0.570. The van der Waals surface area contributed by atoms with Gasteiger partial charge in [-0.1, -0.05) is 27.2 Å². The zero-order valence-electron chi connectivity index (χ0n) is 12.8. The summed E-state index contributed by atoms with van der Waals surface area (Å²) in [6.45, 7) is 6.51. The SMILES string of the molecule is CCCCN(CCO)C(=O)NCC(CC)(CC)C(=O)O. The lowest BCUT2D eigenvalue weighted by atomic mass is 9.82. The molecule has 0 saturated heterocycles. The molecule has 0 unspecified atom stereocenters. The molecule has 0 fully saturated rings. The van der Waals surface area contributed by atoms with Gasteiger partial charge in [-0.15, -0.1) is 0 Å². The Morgan fingerprint density at radius 2 is 1.75 bits per heavy atom. The van der Waals surface area contributed by atoms with E-state index in [2.05, 4.69) is 5.32 Å². The average Bonchev–Trinajstić information content (AvgIpc) is 2.44. The van der Waals surface area contributed by atoms with Crippen molar-refractivity contribution in [2.75, 3.05) is 26.2 Å². The van der Waals surface area contributed by atoms with Gasteiger partial charge in [0.25, 0.3) is 0 Å². The molecule has 0 atom stereocenters. The largest absolute Gasteiger partial charge is 0.481 e. The van der Waals surface area contributed by atoms with E-state index in [0.29, 0.717) is 19.4 Å². The van der Waals surface area contributed by atoms with Gasteiger partial charge in [0.15, 0.2) is 0 Å². The fraction of sp³-hybridized carbons (Fsp3) is 0.857. The summed E-state index contributed by atoms with van der Waals surface area (Å²) in [4.78, 5) is 24.9. The number of carbonyl (C=O) groups excluding carboxylic acids is 1. The van der Waals surface area contributed by atoms with Gasteiger partial charge in [-0.3, -0.25) is 4.79 Å². The minimum Gasteiger partial charge on any atom is -0.481 e. The summed E-state index contributed by atoms with van der Waals surface area (Å²) < 4.78 is 0. The number of amides is 2. The molecule has 3 N–H and O–H groups in total. The number of unbranched alkanes of at least 4 members (excludes halogenated alkanes) is 1. The molecule has 6 nitrogen and oxygen atoms in total. The second-order valence-electron chi connectivity index (χ2n) is 5.02. The first kappa shape index (κ1) is 18.7. The first-order chi connectivity index (χ1) is 9.47. The average molecular weight is 288 g/mol. The predicted octanol–water partition coefficient (Wildman–Crippen LogP) is 1.68. The second kappa shape index (κ2) is 9.58. The van der Waals surface area contributed by atoms with Crippen molar-refractivity contribution < 1.29 is 19.8 Å². The van der Waals surface area contributed by atoms with Crippen LogP contribution in [0.3, 0.4) is 0 Å². The highest BCUT2D eigenvalue weighted by molar-refractivity contribution is 5.78. The number of hydrogen-bond donors (Lipinski definition) is 3. The Bertz CT molecular complexity index is 304. The van der Waals surface area contributed by atoms with Crippen LogP contribution in [0.15, 0.2) is 0 Å². The van der Waals surface area contributed by atoms with Gasteiger partial charge in [0.2, 0.25) is 0 Å². The molecule has 0 rings (SSSR count). The van der Waals surface area contributed by atoms with Crippen molar-refractivity contribution in [2.24, 2.45) is 5.41 Å². The number of nitrogens with one attached hydrogen (secondary N) is 1. The number of hydrogen-bond acceptors (Lipinski definition) is 3. The Balaban J connectivity index is 4.58. The van der Waals surface area contributed by atoms with E-state index in [-0.39, 0.29) is 25.7 Å². The lowest BCUT2D eigenvalue weighted by Gasteiger charge is -2.29. The first-order valence-corrected chi connectivity index (χ1v) is 7.34. The summed E-state index contributed by atoms with van der Waals surface area (Å²) in [5, 5.41) is 21.0. The predicted molar refractivity (Wildman–Crippen MR) is 77.6 cm³/mol. The van der Waals surface area contributed by atoms with E-state index in [9.17, 15) is 14.7 Å². The van der Waals surface area contributed by atoms with Crippen molar-refractivity contribution in [1.29, 1.82) is 0 Å². The summed E-state index contributed by atoms with van der Waals surface area (Å²) in [5.74, 6) is -0.884. The van der Waals surface area contributed by atoms with Gasteiger partial charge < -0.3 is 20.4 Å². The number of carboxylic acid groups (broad SMARTS) is 1. The van der Waals surface area contributed by atoms with Crippen LogP contribution in [0.4, 0.5) is 4.79 Å². The monoisotopic (exact) mass is 288 g/mol. The van der Waals surface area contributed by atoms with Crippen molar-refractivity contribution >= 4 is 12.0 Å². The molecule has 2 amide bonds. The maximum absolute atomic E-state index is 12.1. The fourth-order valence-corrected chi connectivity index (χ4v) is 2.02. The lowest BCUT2D eigenvalue weighted by molar-refractivity contribution is -0.149. The van der Waals surface area contributed by atoms with Crippen LogP contribution in [0.5, 0.6) is 0 Å². The van der Waals surface area contributed by atoms with Crippen LogP contribution < -0.4 is 5.32 Å². The number of urea groups is 1. The van der Waals surface area contributed by atoms with Crippen molar-refractivity contribution in [3.8, 4) is 0 Å². The van der Waals surface area contributed by atoms with Crippen LogP contribution in [-0.2, 0) is 4.79 Å². The highest BCUT2D eigenvalue weighted by Gasteiger charge is 2.35. The molecule has 6 heteroatoms. The second-order valence-corrected chi connectivity index (χ2v) is 5.02. The van der Waals surface area contributed by atoms with E-state index in [1.165, 1.54) is 4.90 Å². The smallest absolute Gasteiger partial charge is 0.317 e. The number of aliphatic hydroxyl groups is 1. The fourth-order valence-electron chi connectivity index (χ4n) is 2.02. The van der Waals surface area contributed by atoms with Crippen LogP contribution in [0.25, 0.3) is 0 Å². The minimum atomic E-state index is -0.911. The Morgan fingerprint density at radius 3 is 2.15 bits per heavy atom. The molecule has 20 heavy (non-hydrogen) atoms. The summed E-state index contributed by atoms with van der Waals surface area (Å²) in [6.07, 6.45) is 2.75. The van der Waals surface area contributed by atoms with Crippen LogP contribution in [0.1, 0.15) is 46.5 Å². The van der Waals surface area contributed by atoms with Gasteiger partial charge in [-0.05, 0) is 19.3 Å². The van der Waals surface area contributed by atoms with Crippen molar-refractivity contribution in [1.82, 2.24) is 10.2 Å². The van der Waals surface area contributed by atoms with E-state index >= 15 is 0 Å². The number of carboxylic acids is 1. The Hall–Kier alpha value is -1.30. The number of carbonyl (C=O) groups is 2. The molecule has 0 heterocycles. The molecule has 0 aliphatic heterocycles. The highest BCUT2D eigenvalue weighted by atomic mass is 16.4. The molecule has 118 valence electrons. The zero-order chi connectivity index (χ0) is 15.6. The highest BCUT2D eigenvalue weighted by Crippen LogP contribution is 2.25. The summed E-state index contributed by atoms with van der Waals surface area (Å²) in [7, 11) is 0. The third-order valence-electron chi connectivity index (χ3n) is 3.82. The van der Waals surface area contributed by atoms with Gasteiger partial charge in [0.05, 0.1) is 12.0 Å². The van der Waals surface area contributed by atoms with Crippen molar-refractivity contribution in [2.45, 2.75) is 46.5 Å². The molecule has 0 saturated carbocycles. The Labute approximate surface area is 121 Å². The van der Waals surface area contributed by atoms with Gasteiger partial charge >= 0.3 is 12.0 Å². The normalized spacial score (nSPS) is 11.2. The zero-order valence-corrected chi connectivity index (χ0v) is 12.8. The molecule has 0 radical (unpaired) electrons. The molecule has 0 aromatic carbocycles. The summed E-state index contributed by atoms with van der Waals surface area (Å²) >= 11 is 0. The van der Waals surface area contributed by atoms with Gasteiger partial charge in [-0.25, -0.2) is 4.79 Å². The standard InChI is InChI=1S/C14H28N2O4/c1-4-7-8-16(9-10-17)13(20)15-11-14(5-2,6-3)12(18)19/h17H,4-11H2,1-3H3,(H,15,20)(H,18,19). The van der Waals surface area contributed by atoms with E-state index in [0.717, 1.165) is 12.8 Å². The maximum atomic E-state index is 12.1. The number of aliphatic hydroxyl groups excluding tert-OH is 1. The molecule has 0 aromatic heterocycles. The Morgan fingerprint density at radius 1 is 1.15 bits per heavy atom.